The largest absolute Gasteiger partial charge is 0.478 e. The van der Waals surface area contributed by atoms with E-state index in [1.807, 2.05) is 0 Å². The molecule has 2 rings (SSSR count). The highest BCUT2D eigenvalue weighted by molar-refractivity contribution is 5.94. The molecule has 0 saturated heterocycles. The molecule has 1 aliphatic rings. The molecule has 0 aromatic heterocycles. The normalized spacial score (nSPS) is 18.3. The van der Waals surface area contributed by atoms with Gasteiger partial charge in [-0.25, -0.2) is 4.79 Å². The van der Waals surface area contributed by atoms with Crippen molar-refractivity contribution in [1.29, 1.82) is 0 Å². The number of hydrogen-bond acceptors (Lipinski definition) is 4. The summed E-state index contributed by atoms with van der Waals surface area (Å²) in [6, 6.07) is 2.15. The number of aliphatic carboxylic acids is 1. The lowest BCUT2D eigenvalue weighted by Gasteiger charge is -2.25. The Kier molecular flexibility index (Phi) is 4.32. The van der Waals surface area contributed by atoms with Crippen molar-refractivity contribution in [2.45, 2.75) is 25.4 Å². The Morgan fingerprint density at radius 1 is 1.42 bits per heavy atom. The van der Waals surface area contributed by atoms with Crippen LogP contribution >= 0.6 is 0 Å². The smallest absolute Gasteiger partial charge is 0.422 e. The summed E-state index contributed by atoms with van der Waals surface area (Å²) in [5.41, 5.74) is -2.83. The maximum absolute atomic E-state index is 12.8. The number of nitro groups is 1. The fourth-order valence-electron chi connectivity index (χ4n) is 2.63. The number of carbonyl (C=O) groups excluding carboxylic acids is 1. The van der Waals surface area contributed by atoms with E-state index in [1.165, 1.54) is 6.92 Å². The van der Waals surface area contributed by atoms with Gasteiger partial charge in [-0.05, 0) is 18.6 Å². The Morgan fingerprint density at radius 2 is 2.04 bits per heavy atom. The third-order valence-corrected chi connectivity index (χ3v) is 3.63. The summed E-state index contributed by atoms with van der Waals surface area (Å²) in [6.07, 6.45) is -5.26. The van der Waals surface area contributed by atoms with Crippen LogP contribution < -0.4 is 5.32 Å². The lowest BCUT2D eigenvalue weighted by atomic mass is 9.84. The van der Waals surface area contributed by atoms with E-state index in [4.69, 9.17) is 0 Å². The molecule has 0 fully saturated rings. The highest BCUT2D eigenvalue weighted by atomic mass is 19.4. The van der Waals surface area contributed by atoms with Crippen molar-refractivity contribution in [2.24, 2.45) is 0 Å². The number of hydrogen-bond donors (Lipinski definition) is 2. The second-order valence-corrected chi connectivity index (χ2v) is 5.18. The van der Waals surface area contributed by atoms with Gasteiger partial charge >= 0.3 is 12.1 Å². The van der Waals surface area contributed by atoms with Crippen LogP contribution in [0.15, 0.2) is 29.5 Å². The van der Waals surface area contributed by atoms with Crippen molar-refractivity contribution in [3.8, 4) is 0 Å². The molecule has 0 bridgehead atoms. The molecule has 0 spiro atoms. The lowest BCUT2D eigenvalue weighted by Crippen LogP contribution is -2.33. The molecule has 24 heavy (non-hydrogen) atoms. The van der Waals surface area contributed by atoms with Gasteiger partial charge in [0.15, 0.2) is 0 Å². The third kappa shape index (κ3) is 3.21. The molecule has 1 aliphatic heterocycles. The molecule has 128 valence electrons. The highest BCUT2D eigenvalue weighted by Gasteiger charge is 2.40. The van der Waals surface area contributed by atoms with Crippen LogP contribution in [0.5, 0.6) is 0 Å². The van der Waals surface area contributed by atoms with Crippen molar-refractivity contribution in [2.75, 3.05) is 0 Å². The number of nitrogens with one attached hydrogen (secondary N) is 1. The standard InChI is InChI=1S/C14H11F3N2O5/c1-6-12(13(21)22)8(5-11(20)18-6)7-2-3-9(14(15,16)17)10(4-7)19(23)24/h2-4,8H,5H2,1H3,(H,18,20)(H,21,22). The molecule has 0 aliphatic carbocycles. The van der Waals surface area contributed by atoms with Crippen molar-refractivity contribution in [3.63, 3.8) is 0 Å². The number of benzene rings is 1. The minimum absolute atomic E-state index is 0.0405. The SMILES string of the molecule is CC1=C(C(=O)O)C(c2ccc(C(F)(F)F)c([N+](=O)[O-])c2)CC(=O)N1. The Morgan fingerprint density at radius 3 is 2.54 bits per heavy atom. The monoisotopic (exact) mass is 344 g/mol. The topological polar surface area (TPSA) is 110 Å². The van der Waals surface area contributed by atoms with E-state index in [0.29, 0.717) is 12.1 Å². The zero-order chi connectivity index (χ0) is 18.2. The van der Waals surface area contributed by atoms with Gasteiger partial charge in [-0.2, -0.15) is 13.2 Å². The Balaban J connectivity index is 2.62. The average Bonchev–Trinajstić information content (AvgIpc) is 2.44. The number of carbonyl (C=O) groups is 2. The van der Waals surface area contributed by atoms with E-state index in [1.54, 1.807) is 0 Å². The molecular weight excluding hydrogens is 333 g/mol. The minimum atomic E-state index is -4.92. The summed E-state index contributed by atoms with van der Waals surface area (Å²) >= 11 is 0. The van der Waals surface area contributed by atoms with Gasteiger partial charge in [-0.3, -0.25) is 14.9 Å². The van der Waals surface area contributed by atoms with E-state index in [9.17, 15) is 38.0 Å². The number of alkyl halides is 3. The Bertz CT molecular complexity index is 770. The van der Waals surface area contributed by atoms with E-state index in [0.717, 1.165) is 6.07 Å². The average molecular weight is 344 g/mol. The molecular formula is C14H11F3N2O5. The van der Waals surface area contributed by atoms with Crippen LogP contribution in [-0.4, -0.2) is 21.9 Å². The van der Waals surface area contributed by atoms with Crippen molar-refractivity contribution in [1.82, 2.24) is 5.32 Å². The number of carboxylic acid groups (broad SMARTS) is 1. The Labute approximate surface area is 132 Å². The van der Waals surface area contributed by atoms with Crippen molar-refractivity contribution >= 4 is 17.6 Å². The first-order valence-corrected chi connectivity index (χ1v) is 6.61. The number of nitrogens with zero attached hydrogens (tertiary/aromatic N) is 1. The minimum Gasteiger partial charge on any atom is -0.478 e. The summed E-state index contributed by atoms with van der Waals surface area (Å²) in [5.74, 6) is -2.96. The van der Waals surface area contributed by atoms with Crippen LogP contribution in [0.1, 0.15) is 30.4 Å². The molecule has 2 N–H and O–H groups in total. The van der Waals surface area contributed by atoms with Crippen LogP contribution in [0.3, 0.4) is 0 Å². The zero-order valence-electron chi connectivity index (χ0n) is 12.2. The quantitative estimate of drug-likeness (QED) is 0.647. The number of allylic oxidation sites excluding steroid dienone is 1. The van der Waals surface area contributed by atoms with Crippen LogP contribution in [0.2, 0.25) is 0 Å². The number of rotatable bonds is 3. The number of nitro benzene ring substituents is 1. The lowest BCUT2D eigenvalue weighted by molar-refractivity contribution is -0.388. The summed E-state index contributed by atoms with van der Waals surface area (Å²) in [7, 11) is 0. The van der Waals surface area contributed by atoms with Gasteiger partial charge in [-0.15, -0.1) is 0 Å². The van der Waals surface area contributed by atoms with Gasteiger partial charge in [0, 0.05) is 24.1 Å². The van der Waals surface area contributed by atoms with Gasteiger partial charge < -0.3 is 10.4 Å². The van der Waals surface area contributed by atoms with Crippen LogP contribution in [-0.2, 0) is 15.8 Å². The number of halogens is 3. The fourth-order valence-corrected chi connectivity index (χ4v) is 2.63. The van der Waals surface area contributed by atoms with Crippen molar-refractivity contribution < 1.29 is 32.8 Å². The second kappa shape index (κ2) is 5.95. The molecule has 7 nitrogen and oxygen atoms in total. The maximum Gasteiger partial charge on any atom is 0.422 e. The first-order valence-electron chi connectivity index (χ1n) is 6.61. The van der Waals surface area contributed by atoms with E-state index in [2.05, 4.69) is 5.32 Å². The molecule has 10 heteroatoms. The molecule has 0 saturated carbocycles. The van der Waals surface area contributed by atoms with Gasteiger partial charge in [0.25, 0.3) is 5.69 Å². The summed E-state index contributed by atoms with van der Waals surface area (Å²) in [4.78, 5) is 32.8. The first-order chi connectivity index (χ1) is 11.0. The van der Waals surface area contributed by atoms with E-state index >= 15 is 0 Å². The van der Waals surface area contributed by atoms with E-state index in [-0.39, 0.29) is 23.3 Å². The van der Waals surface area contributed by atoms with Gasteiger partial charge in [0.2, 0.25) is 5.91 Å². The van der Waals surface area contributed by atoms with Gasteiger partial charge in [-0.1, -0.05) is 6.07 Å². The first kappa shape index (κ1) is 17.4. The summed E-state index contributed by atoms with van der Waals surface area (Å²) in [6.45, 7) is 1.34. The van der Waals surface area contributed by atoms with Gasteiger partial charge in [0.1, 0.15) is 5.56 Å². The van der Waals surface area contributed by atoms with Crippen LogP contribution in [0.25, 0.3) is 0 Å². The van der Waals surface area contributed by atoms with Crippen LogP contribution in [0.4, 0.5) is 18.9 Å². The predicted octanol–water partition coefficient (Wildman–Crippen LogP) is 2.58. The molecule has 0 radical (unpaired) electrons. The molecule has 1 atom stereocenters. The molecule has 1 aromatic carbocycles. The second-order valence-electron chi connectivity index (χ2n) is 5.18. The third-order valence-electron chi connectivity index (χ3n) is 3.63. The fraction of sp³-hybridized carbons (Fsp3) is 0.286. The predicted molar refractivity (Wildman–Crippen MR) is 73.9 cm³/mol. The number of carboxylic acids is 1. The molecule has 1 aromatic rings. The molecule has 1 unspecified atom stereocenters. The van der Waals surface area contributed by atoms with Crippen molar-refractivity contribution in [3.05, 3.63) is 50.7 Å². The zero-order valence-corrected chi connectivity index (χ0v) is 12.2. The van der Waals surface area contributed by atoms with Crippen LogP contribution in [0, 0.1) is 10.1 Å². The van der Waals surface area contributed by atoms with E-state index < -0.39 is 40.1 Å². The Hall–Kier alpha value is -2.91. The number of amides is 1. The molecule has 1 heterocycles. The van der Waals surface area contributed by atoms with Gasteiger partial charge in [0.05, 0.1) is 10.5 Å². The summed E-state index contributed by atoms with van der Waals surface area (Å²) in [5, 5.41) is 22.5. The highest BCUT2D eigenvalue weighted by Crippen LogP contribution is 2.40. The maximum atomic E-state index is 12.8. The summed E-state index contributed by atoms with van der Waals surface area (Å²) < 4.78 is 38.5. The molecule has 1 amide bonds.